The van der Waals surface area contributed by atoms with Crippen LogP contribution in [-0.4, -0.2) is 15.6 Å². The minimum atomic E-state index is -0.263. The van der Waals surface area contributed by atoms with Gasteiger partial charge in [0.05, 0.1) is 0 Å². The van der Waals surface area contributed by atoms with Crippen molar-refractivity contribution in [3.8, 4) is 0 Å². The van der Waals surface area contributed by atoms with Gasteiger partial charge in [0.15, 0.2) is 5.84 Å². The molecule has 0 bridgehead atoms. The molecule has 3 N–H and O–H groups in total. The summed E-state index contributed by atoms with van der Waals surface area (Å²) in [5.74, 6) is 0.169. The largest absolute Gasteiger partial charge is 0.409 e. The van der Waals surface area contributed by atoms with Crippen LogP contribution in [0.1, 0.15) is 11.6 Å². The number of hydrogen-bond acceptors (Lipinski definition) is 2. The summed E-state index contributed by atoms with van der Waals surface area (Å²) in [5.41, 5.74) is 6.70. The Morgan fingerprint density at radius 1 is 1.12 bits per heavy atom. The van der Waals surface area contributed by atoms with Gasteiger partial charge >= 0.3 is 0 Å². The first-order valence-corrected chi connectivity index (χ1v) is 4.97. The zero-order valence-electron chi connectivity index (χ0n) is 8.69. The summed E-state index contributed by atoms with van der Waals surface area (Å²) in [4.78, 5) is 0. The number of rotatable bonds is 3. The number of hydrogen-bond donors (Lipinski definition) is 2. The Bertz CT molecular complexity index is 462. The van der Waals surface area contributed by atoms with E-state index in [0.717, 1.165) is 5.56 Å². The van der Waals surface area contributed by atoms with E-state index in [0.29, 0.717) is 0 Å². The Balaban J connectivity index is 2.45. The molecule has 1 aromatic carbocycles. The van der Waals surface area contributed by atoms with Crippen LogP contribution in [0.25, 0.3) is 0 Å². The first-order chi connectivity index (χ1) is 7.83. The summed E-state index contributed by atoms with van der Waals surface area (Å²) in [5, 5.41) is 11.9. The molecular formula is C12H13N3O. The van der Waals surface area contributed by atoms with Crippen LogP contribution < -0.4 is 5.73 Å². The minimum Gasteiger partial charge on any atom is -0.409 e. The quantitative estimate of drug-likeness (QED) is 0.355. The fraction of sp³-hybridized carbons (Fsp3) is 0.0833. The van der Waals surface area contributed by atoms with Gasteiger partial charge in [0.25, 0.3) is 0 Å². The molecule has 0 spiro atoms. The molecule has 0 saturated heterocycles. The second-order valence-electron chi connectivity index (χ2n) is 3.47. The molecule has 0 saturated carbocycles. The van der Waals surface area contributed by atoms with Crippen LogP contribution in [0.5, 0.6) is 0 Å². The monoisotopic (exact) mass is 215 g/mol. The smallest absolute Gasteiger partial charge is 0.166 e. The molecule has 0 aliphatic rings. The average molecular weight is 215 g/mol. The van der Waals surface area contributed by atoms with E-state index in [-0.39, 0.29) is 11.9 Å². The maximum absolute atomic E-state index is 8.81. The maximum Gasteiger partial charge on any atom is 0.166 e. The minimum absolute atomic E-state index is 0.169. The van der Waals surface area contributed by atoms with Crippen LogP contribution in [-0.2, 0) is 0 Å². The molecule has 4 nitrogen and oxygen atoms in total. The highest BCUT2D eigenvalue weighted by Gasteiger charge is 2.17. The van der Waals surface area contributed by atoms with Crippen LogP contribution in [0.2, 0.25) is 0 Å². The van der Waals surface area contributed by atoms with Crippen molar-refractivity contribution in [2.45, 2.75) is 6.04 Å². The van der Waals surface area contributed by atoms with Gasteiger partial charge in [0.1, 0.15) is 6.04 Å². The van der Waals surface area contributed by atoms with Gasteiger partial charge in [-0.3, -0.25) is 0 Å². The number of nitrogens with two attached hydrogens (primary N) is 1. The predicted molar refractivity (Wildman–Crippen MR) is 62.4 cm³/mol. The Labute approximate surface area is 93.6 Å². The lowest BCUT2D eigenvalue weighted by Crippen LogP contribution is -2.27. The third-order valence-corrected chi connectivity index (χ3v) is 2.44. The highest BCUT2D eigenvalue weighted by Crippen LogP contribution is 2.18. The van der Waals surface area contributed by atoms with E-state index in [1.54, 1.807) is 0 Å². The Morgan fingerprint density at radius 2 is 1.75 bits per heavy atom. The Kier molecular flexibility index (Phi) is 2.91. The molecule has 2 aromatic rings. The second kappa shape index (κ2) is 4.53. The second-order valence-corrected chi connectivity index (χ2v) is 3.47. The molecule has 0 radical (unpaired) electrons. The molecule has 82 valence electrons. The molecule has 1 atom stereocenters. The van der Waals surface area contributed by atoms with Crippen molar-refractivity contribution >= 4 is 5.84 Å². The van der Waals surface area contributed by atoms with Gasteiger partial charge in [0.2, 0.25) is 0 Å². The standard InChI is InChI=1S/C12H13N3O/c13-12(14-16)11(15-8-4-5-9-15)10-6-2-1-3-7-10/h1-9,11,16H,(H2,13,14). The van der Waals surface area contributed by atoms with Crippen molar-refractivity contribution < 1.29 is 5.21 Å². The normalized spacial score (nSPS) is 13.6. The molecule has 0 aliphatic heterocycles. The lowest BCUT2D eigenvalue weighted by atomic mass is 10.1. The summed E-state index contributed by atoms with van der Waals surface area (Å²) in [7, 11) is 0. The zero-order valence-corrected chi connectivity index (χ0v) is 8.69. The molecule has 0 aliphatic carbocycles. The Hall–Kier alpha value is -2.23. The van der Waals surface area contributed by atoms with Crippen molar-refractivity contribution in [2.24, 2.45) is 10.9 Å². The van der Waals surface area contributed by atoms with Gasteiger partial charge in [-0.25, -0.2) is 0 Å². The number of amidine groups is 1. The zero-order chi connectivity index (χ0) is 11.4. The lowest BCUT2D eigenvalue weighted by Gasteiger charge is -2.17. The number of aromatic nitrogens is 1. The van der Waals surface area contributed by atoms with E-state index in [1.807, 2.05) is 59.4 Å². The lowest BCUT2D eigenvalue weighted by molar-refractivity contribution is 0.315. The van der Waals surface area contributed by atoms with E-state index in [2.05, 4.69) is 5.16 Å². The van der Waals surface area contributed by atoms with Gasteiger partial charge < -0.3 is 15.5 Å². The van der Waals surface area contributed by atoms with Crippen LogP contribution >= 0.6 is 0 Å². The molecule has 16 heavy (non-hydrogen) atoms. The molecule has 0 amide bonds. The van der Waals surface area contributed by atoms with Crippen LogP contribution in [0, 0.1) is 0 Å². The van der Waals surface area contributed by atoms with Crippen molar-refractivity contribution in [1.29, 1.82) is 0 Å². The van der Waals surface area contributed by atoms with E-state index in [1.165, 1.54) is 0 Å². The Morgan fingerprint density at radius 3 is 2.31 bits per heavy atom. The average Bonchev–Trinajstić information content (AvgIpc) is 2.84. The summed E-state index contributed by atoms with van der Waals surface area (Å²) in [6.45, 7) is 0. The first kappa shape index (κ1) is 10.3. The highest BCUT2D eigenvalue weighted by atomic mass is 16.4. The SMILES string of the molecule is N/C(=N\O)C(c1ccccc1)n1cccc1. The highest BCUT2D eigenvalue weighted by molar-refractivity contribution is 5.86. The molecule has 2 rings (SSSR count). The predicted octanol–water partition coefficient (Wildman–Crippen LogP) is 1.82. The third-order valence-electron chi connectivity index (χ3n) is 2.44. The van der Waals surface area contributed by atoms with Gasteiger partial charge in [0, 0.05) is 12.4 Å². The van der Waals surface area contributed by atoms with E-state index < -0.39 is 0 Å². The van der Waals surface area contributed by atoms with Gasteiger partial charge in [-0.05, 0) is 17.7 Å². The molecule has 1 aromatic heterocycles. The van der Waals surface area contributed by atoms with Crippen molar-refractivity contribution in [1.82, 2.24) is 4.57 Å². The summed E-state index contributed by atoms with van der Waals surface area (Å²) in [6.07, 6.45) is 3.77. The number of nitrogens with zero attached hydrogens (tertiary/aromatic N) is 2. The van der Waals surface area contributed by atoms with Crippen molar-refractivity contribution in [2.75, 3.05) is 0 Å². The van der Waals surface area contributed by atoms with Gasteiger partial charge in [-0.2, -0.15) is 0 Å². The van der Waals surface area contributed by atoms with Crippen molar-refractivity contribution in [3.05, 3.63) is 60.4 Å². The van der Waals surface area contributed by atoms with E-state index in [4.69, 9.17) is 10.9 Å². The number of benzene rings is 1. The fourth-order valence-electron chi connectivity index (χ4n) is 1.71. The van der Waals surface area contributed by atoms with E-state index in [9.17, 15) is 0 Å². The van der Waals surface area contributed by atoms with Crippen LogP contribution in [0.15, 0.2) is 60.0 Å². The van der Waals surface area contributed by atoms with Crippen LogP contribution in [0.4, 0.5) is 0 Å². The van der Waals surface area contributed by atoms with Crippen LogP contribution in [0.3, 0.4) is 0 Å². The molecule has 1 unspecified atom stereocenters. The fourth-order valence-corrected chi connectivity index (χ4v) is 1.71. The van der Waals surface area contributed by atoms with Gasteiger partial charge in [-0.1, -0.05) is 35.5 Å². The molecule has 0 fully saturated rings. The van der Waals surface area contributed by atoms with Gasteiger partial charge in [-0.15, -0.1) is 0 Å². The molecule has 4 heteroatoms. The summed E-state index contributed by atoms with van der Waals surface area (Å²) < 4.78 is 1.89. The van der Waals surface area contributed by atoms with Crippen molar-refractivity contribution in [3.63, 3.8) is 0 Å². The topological polar surface area (TPSA) is 63.5 Å². The first-order valence-electron chi connectivity index (χ1n) is 4.97. The third kappa shape index (κ3) is 1.91. The molecule has 1 heterocycles. The van der Waals surface area contributed by atoms with E-state index >= 15 is 0 Å². The molecular weight excluding hydrogens is 202 g/mol. The summed E-state index contributed by atoms with van der Waals surface area (Å²) in [6, 6.07) is 13.2. The number of oxime groups is 1. The maximum atomic E-state index is 8.81. The summed E-state index contributed by atoms with van der Waals surface area (Å²) >= 11 is 0.